The third kappa shape index (κ3) is 1.50. The summed E-state index contributed by atoms with van der Waals surface area (Å²) in [4.78, 5) is 0. The van der Waals surface area contributed by atoms with E-state index < -0.39 is 0 Å². The van der Waals surface area contributed by atoms with Crippen molar-refractivity contribution >= 4 is 38.4 Å². The average Bonchev–Trinajstić information content (AvgIpc) is 3.40. The first kappa shape index (κ1) is 11.9. The van der Waals surface area contributed by atoms with Crippen molar-refractivity contribution in [3.8, 4) is 0 Å². The highest BCUT2D eigenvalue weighted by molar-refractivity contribution is 6.16. The van der Waals surface area contributed by atoms with E-state index >= 15 is 0 Å². The van der Waals surface area contributed by atoms with Crippen molar-refractivity contribution in [2.45, 2.75) is 12.2 Å². The average molecular weight is 294 g/mol. The Hall–Kier alpha value is -2.64. The Morgan fingerprint density at radius 3 is 2.22 bits per heavy atom. The molecule has 6 rings (SSSR count). The summed E-state index contributed by atoms with van der Waals surface area (Å²) in [5.41, 5.74) is 2.71. The van der Waals surface area contributed by atoms with Crippen molar-refractivity contribution < 1.29 is 4.74 Å². The second kappa shape index (κ2) is 4.01. The van der Waals surface area contributed by atoms with Crippen LogP contribution in [0.25, 0.3) is 38.4 Å². The smallest absolute Gasteiger partial charge is 0.114 e. The lowest BCUT2D eigenvalue weighted by molar-refractivity contribution is 0.396. The molecule has 4 aromatic carbocycles. The van der Waals surface area contributed by atoms with Crippen LogP contribution in [0.1, 0.15) is 17.2 Å². The molecule has 23 heavy (non-hydrogen) atoms. The molecule has 0 radical (unpaired) electrons. The van der Waals surface area contributed by atoms with E-state index in [0.29, 0.717) is 0 Å². The Morgan fingerprint density at radius 1 is 0.696 bits per heavy atom. The van der Waals surface area contributed by atoms with Crippen molar-refractivity contribution in [1.29, 1.82) is 0 Å². The number of benzene rings is 4. The number of ether oxygens (including phenoxy) is 1. The van der Waals surface area contributed by atoms with Crippen molar-refractivity contribution in [1.82, 2.24) is 0 Å². The molecule has 1 nitrogen and oxygen atoms in total. The monoisotopic (exact) mass is 294 g/mol. The third-order valence-corrected chi connectivity index (χ3v) is 5.24. The lowest BCUT2D eigenvalue weighted by Gasteiger charge is -2.16. The summed E-state index contributed by atoms with van der Waals surface area (Å²) in [6, 6.07) is 22.0. The Kier molecular flexibility index (Phi) is 2.07. The fourth-order valence-corrected chi connectivity index (χ4v) is 4.11. The van der Waals surface area contributed by atoms with E-state index in [-0.39, 0.29) is 12.2 Å². The molecule has 1 aliphatic heterocycles. The van der Waals surface area contributed by atoms with E-state index in [2.05, 4.69) is 72.8 Å². The van der Waals surface area contributed by atoms with Gasteiger partial charge in [0, 0.05) is 0 Å². The van der Waals surface area contributed by atoms with Gasteiger partial charge in [0.25, 0.3) is 0 Å². The van der Waals surface area contributed by atoms with Crippen LogP contribution in [0.2, 0.25) is 0 Å². The van der Waals surface area contributed by atoms with Crippen LogP contribution in [0.15, 0.2) is 66.7 Å². The van der Waals surface area contributed by atoms with Crippen molar-refractivity contribution in [3.63, 3.8) is 0 Å². The maximum atomic E-state index is 5.86. The van der Waals surface area contributed by atoms with E-state index in [0.717, 1.165) is 0 Å². The molecule has 0 amide bonds. The van der Waals surface area contributed by atoms with Gasteiger partial charge in [-0.1, -0.05) is 60.7 Å². The summed E-state index contributed by atoms with van der Waals surface area (Å²) in [6.45, 7) is 0. The Labute approximate surface area is 133 Å². The Bertz CT molecular complexity index is 1150. The molecule has 1 fully saturated rings. The van der Waals surface area contributed by atoms with Crippen LogP contribution in [0.4, 0.5) is 0 Å². The molecule has 0 spiro atoms. The molecular weight excluding hydrogens is 280 g/mol. The number of fused-ring (bicyclic) bond motifs is 9. The summed E-state index contributed by atoms with van der Waals surface area (Å²) in [6.07, 6.45) is 4.99. The maximum absolute atomic E-state index is 5.86. The highest BCUT2D eigenvalue weighted by atomic mass is 16.6. The molecule has 0 saturated carbocycles. The van der Waals surface area contributed by atoms with Gasteiger partial charge in [0.15, 0.2) is 0 Å². The van der Waals surface area contributed by atoms with Crippen LogP contribution < -0.4 is 0 Å². The van der Waals surface area contributed by atoms with Gasteiger partial charge in [0.1, 0.15) is 12.2 Å². The van der Waals surface area contributed by atoms with Crippen molar-refractivity contribution in [3.05, 3.63) is 77.9 Å². The van der Waals surface area contributed by atoms with Gasteiger partial charge in [-0.25, -0.2) is 0 Å². The van der Waals surface area contributed by atoms with Crippen LogP contribution in [0.5, 0.6) is 0 Å². The standard InChI is InChI=1S/C22H14O/c1-2-6-14-12-19-17-9-10-20-22(23-20)21(17)16-8-4-3-7-15(16)18(19)11-13(14)5-1/h1-12,20,22H/t20-,22-/m0/s1. The van der Waals surface area contributed by atoms with E-state index in [1.54, 1.807) is 0 Å². The molecule has 0 unspecified atom stereocenters. The van der Waals surface area contributed by atoms with Gasteiger partial charge in [-0.3, -0.25) is 0 Å². The third-order valence-electron chi connectivity index (χ3n) is 5.24. The minimum absolute atomic E-state index is 0.246. The minimum atomic E-state index is 0.246. The first-order valence-corrected chi connectivity index (χ1v) is 8.11. The fourth-order valence-electron chi connectivity index (χ4n) is 4.11. The number of epoxide rings is 1. The second-order valence-electron chi connectivity index (χ2n) is 6.50. The van der Waals surface area contributed by atoms with Gasteiger partial charge in [0.2, 0.25) is 0 Å². The molecule has 1 heterocycles. The van der Waals surface area contributed by atoms with E-state index in [9.17, 15) is 0 Å². The molecular formula is C22H14O. The molecule has 108 valence electrons. The van der Waals surface area contributed by atoms with Crippen molar-refractivity contribution in [2.24, 2.45) is 0 Å². The maximum Gasteiger partial charge on any atom is 0.114 e. The lowest BCUT2D eigenvalue weighted by Crippen LogP contribution is -1.98. The van der Waals surface area contributed by atoms with Crippen LogP contribution in [0.3, 0.4) is 0 Å². The molecule has 1 heteroatoms. The van der Waals surface area contributed by atoms with Crippen LogP contribution in [0, 0.1) is 0 Å². The van der Waals surface area contributed by atoms with Crippen LogP contribution in [-0.4, -0.2) is 6.10 Å². The lowest BCUT2D eigenvalue weighted by atomic mass is 9.86. The van der Waals surface area contributed by atoms with Crippen molar-refractivity contribution in [2.75, 3.05) is 0 Å². The zero-order valence-electron chi connectivity index (χ0n) is 12.5. The molecule has 0 aromatic heterocycles. The van der Waals surface area contributed by atoms with Gasteiger partial charge >= 0.3 is 0 Å². The molecule has 4 aromatic rings. The molecule has 0 bridgehead atoms. The second-order valence-corrected chi connectivity index (χ2v) is 6.50. The van der Waals surface area contributed by atoms with E-state index in [1.807, 2.05) is 0 Å². The number of hydrogen-bond donors (Lipinski definition) is 0. The minimum Gasteiger partial charge on any atom is -0.360 e. The van der Waals surface area contributed by atoms with Gasteiger partial charge in [-0.15, -0.1) is 0 Å². The van der Waals surface area contributed by atoms with Gasteiger partial charge < -0.3 is 4.74 Å². The molecule has 1 aliphatic carbocycles. The summed E-state index contributed by atoms with van der Waals surface area (Å²) in [5.74, 6) is 0. The molecule has 2 atom stereocenters. The predicted molar refractivity (Wildman–Crippen MR) is 95.6 cm³/mol. The van der Waals surface area contributed by atoms with Gasteiger partial charge in [-0.05, 0) is 55.6 Å². The number of hydrogen-bond acceptors (Lipinski definition) is 1. The van der Waals surface area contributed by atoms with Gasteiger partial charge in [-0.2, -0.15) is 0 Å². The summed E-state index contributed by atoms with van der Waals surface area (Å²) in [7, 11) is 0. The molecule has 2 aliphatic rings. The highest BCUT2D eigenvalue weighted by Crippen LogP contribution is 2.50. The van der Waals surface area contributed by atoms with Gasteiger partial charge in [0.05, 0.1) is 0 Å². The first-order chi connectivity index (χ1) is 11.4. The number of rotatable bonds is 0. The summed E-state index contributed by atoms with van der Waals surface area (Å²) < 4.78 is 5.86. The quantitative estimate of drug-likeness (QED) is 0.233. The normalized spacial score (nSPS) is 21.6. The largest absolute Gasteiger partial charge is 0.360 e. The summed E-state index contributed by atoms with van der Waals surface area (Å²) in [5, 5.41) is 7.93. The predicted octanol–water partition coefficient (Wildman–Crippen LogP) is 5.61. The fraction of sp³-hybridized carbons (Fsp3) is 0.0909. The zero-order chi connectivity index (χ0) is 15.0. The highest BCUT2D eigenvalue weighted by Gasteiger charge is 2.43. The van der Waals surface area contributed by atoms with Crippen LogP contribution >= 0.6 is 0 Å². The topological polar surface area (TPSA) is 12.5 Å². The molecule has 1 saturated heterocycles. The first-order valence-electron chi connectivity index (χ1n) is 8.11. The Balaban J connectivity index is 1.91. The molecule has 0 N–H and O–H groups in total. The SMILES string of the molecule is C1=C[C@@H]2O[C@@H]2c2c1c1cc3ccccc3cc1c1ccccc21. The Morgan fingerprint density at radius 2 is 1.39 bits per heavy atom. The van der Waals surface area contributed by atoms with E-state index in [4.69, 9.17) is 4.74 Å². The van der Waals surface area contributed by atoms with E-state index in [1.165, 1.54) is 43.4 Å². The zero-order valence-corrected chi connectivity index (χ0v) is 12.5. The summed E-state index contributed by atoms with van der Waals surface area (Å²) >= 11 is 0. The van der Waals surface area contributed by atoms with Crippen LogP contribution in [-0.2, 0) is 4.74 Å².